The standard InChI is InChI=1S/C25H27N3O2/c1-4-25(2,20-13-7-5-8-14-20)27-24(30)26-21-15-11-12-19(18-21)23(29)28(3)22-16-9-6-10-17-22/h5-18H,4H2,1-3H3,(H2,26,27,30). The summed E-state index contributed by atoms with van der Waals surface area (Å²) in [6.07, 6.45) is 0.741. The molecule has 0 aliphatic carbocycles. The number of hydrogen-bond donors (Lipinski definition) is 2. The lowest BCUT2D eigenvalue weighted by Gasteiger charge is -2.30. The van der Waals surface area contributed by atoms with Crippen molar-refractivity contribution < 1.29 is 9.59 Å². The van der Waals surface area contributed by atoms with Crippen molar-refractivity contribution in [2.24, 2.45) is 0 Å². The van der Waals surface area contributed by atoms with E-state index in [0.29, 0.717) is 11.3 Å². The smallest absolute Gasteiger partial charge is 0.319 e. The normalized spacial score (nSPS) is 12.5. The molecule has 0 aromatic heterocycles. The third kappa shape index (κ3) is 4.87. The molecule has 30 heavy (non-hydrogen) atoms. The van der Waals surface area contributed by atoms with Gasteiger partial charge in [-0.1, -0.05) is 61.5 Å². The third-order valence-corrected chi connectivity index (χ3v) is 5.32. The molecule has 3 amide bonds. The number of hydrogen-bond acceptors (Lipinski definition) is 2. The van der Waals surface area contributed by atoms with E-state index in [-0.39, 0.29) is 11.9 Å². The van der Waals surface area contributed by atoms with E-state index in [2.05, 4.69) is 10.6 Å². The summed E-state index contributed by atoms with van der Waals surface area (Å²) in [5.41, 5.74) is 2.41. The quantitative estimate of drug-likeness (QED) is 0.580. The minimum atomic E-state index is -0.494. The minimum absolute atomic E-state index is 0.145. The molecule has 0 saturated heterocycles. The van der Waals surface area contributed by atoms with Crippen LogP contribution < -0.4 is 15.5 Å². The van der Waals surface area contributed by atoms with E-state index in [1.54, 1.807) is 36.2 Å². The van der Waals surface area contributed by atoms with Crippen LogP contribution in [0.4, 0.5) is 16.2 Å². The van der Waals surface area contributed by atoms with Crippen molar-refractivity contribution in [3.63, 3.8) is 0 Å². The van der Waals surface area contributed by atoms with Crippen molar-refractivity contribution in [2.75, 3.05) is 17.3 Å². The molecule has 0 heterocycles. The molecule has 0 radical (unpaired) electrons. The number of nitrogens with zero attached hydrogens (tertiary/aromatic N) is 1. The van der Waals surface area contributed by atoms with Gasteiger partial charge >= 0.3 is 6.03 Å². The molecule has 0 bridgehead atoms. The first kappa shape index (κ1) is 21.1. The monoisotopic (exact) mass is 401 g/mol. The topological polar surface area (TPSA) is 61.4 Å². The van der Waals surface area contributed by atoms with Gasteiger partial charge in [-0.05, 0) is 49.2 Å². The lowest BCUT2D eigenvalue weighted by molar-refractivity contribution is 0.0993. The number of amides is 3. The van der Waals surface area contributed by atoms with Gasteiger partial charge in [0.25, 0.3) is 5.91 Å². The average molecular weight is 402 g/mol. The summed E-state index contributed by atoms with van der Waals surface area (Å²) >= 11 is 0. The number of rotatable bonds is 6. The Kier molecular flexibility index (Phi) is 6.52. The second kappa shape index (κ2) is 9.27. The Balaban J connectivity index is 1.72. The highest BCUT2D eigenvalue weighted by atomic mass is 16.2. The first-order valence-corrected chi connectivity index (χ1v) is 10.0. The summed E-state index contributed by atoms with van der Waals surface area (Å²) in [4.78, 5) is 27.1. The Morgan fingerprint density at radius 1 is 0.900 bits per heavy atom. The molecule has 5 heteroatoms. The van der Waals surface area contributed by atoms with E-state index in [9.17, 15) is 9.59 Å². The zero-order valence-corrected chi connectivity index (χ0v) is 17.6. The van der Waals surface area contributed by atoms with Crippen LogP contribution in [0.2, 0.25) is 0 Å². The summed E-state index contributed by atoms with van der Waals surface area (Å²) < 4.78 is 0. The SMILES string of the molecule is CCC(C)(NC(=O)Nc1cccc(C(=O)N(C)c2ccccc2)c1)c1ccccc1. The predicted octanol–water partition coefficient (Wildman–Crippen LogP) is 5.41. The van der Waals surface area contributed by atoms with Gasteiger partial charge in [-0.3, -0.25) is 4.79 Å². The first-order chi connectivity index (χ1) is 14.4. The molecule has 1 unspecified atom stereocenters. The Hall–Kier alpha value is -3.60. The molecular weight excluding hydrogens is 374 g/mol. The fourth-order valence-electron chi connectivity index (χ4n) is 3.28. The fraction of sp³-hybridized carbons (Fsp3) is 0.200. The third-order valence-electron chi connectivity index (χ3n) is 5.32. The van der Waals surface area contributed by atoms with E-state index in [1.807, 2.05) is 74.5 Å². The lowest BCUT2D eigenvalue weighted by Crippen LogP contribution is -2.45. The second-order valence-corrected chi connectivity index (χ2v) is 7.41. The number of nitrogens with one attached hydrogen (secondary N) is 2. The Labute approximate surface area is 177 Å². The van der Waals surface area contributed by atoms with E-state index < -0.39 is 5.54 Å². The number of benzene rings is 3. The number of anilines is 2. The van der Waals surface area contributed by atoms with Crippen LogP contribution in [0.3, 0.4) is 0 Å². The fourth-order valence-corrected chi connectivity index (χ4v) is 3.28. The van der Waals surface area contributed by atoms with Gasteiger partial charge in [-0.2, -0.15) is 0 Å². The van der Waals surface area contributed by atoms with Gasteiger partial charge in [-0.25, -0.2) is 4.79 Å². The molecule has 0 aliphatic heterocycles. The van der Waals surface area contributed by atoms with Crippen molar-refractivity contribution in [1.29, 1.82) is 0 Å². The van der Waals surface area contributed by atoms with E-state index in [1.165, 1.54) is 0 Å². The molecule has 0 fully saturated rings. The molecular formula is C25H27N3O2. The number of carbonyl (C=O) groups is 2. The van der Waals surface area contributed by atoms with Gasteiger partial charge in [0, 0.05) is 24.0 Å². The highest BCUT2D eigenvalue weighted by molar-refractivity contribution is 6.06. The van der Waals surface area contributed by atoms with E-state index in [4.69, 9.17) is 0 Å². The van der Waals surface area contributed by atoms with Gasteiger partial charge in [-0.15, -0.1) is 0 Å². The van der Waals surface area contributed by atoms with Crippen molar-refractivity contribution in [3.05, 3.63) is 96.1 Å². The van der Waals surface area contributed by atoms with Crippen LogP contribution in [0.15, 0.2) is 84.9 Å². The largest absolute Gasteiger partial charge is 0.329 e. The van der Waals surface area contributed by atoms with Gasteiger partial charge in [0.1, 0.15) is 0 Å². The number of para-hydroxylation sites is 1. The van der Waals surface area contributed by atoms with Crippen molar-refractivity contribution in [1.82, 2.24) is 5.32 Å². The zero-order valence-electron chi connectivity index (χ0n) is 17.6. The van der Waals surface area contributed by atoms with Crippen molar-refractivity contribution >= 4 is 23.3 Å². The molecule has 3 aromatic rings. The van der Waals surface area contributed by atoms with Gasteiger partial charge in [0.2, 0.25) is 0 Å². The Morgan fingerprint density at radius 2 is 1.53 bits per heavy atom. The van der Waals surface area contributed by atoms with Crippen molar-refractivity contribution in [3.8, 4) is 0 Å². The molecule has 3 aromatic carbocycles. The van der Waals surface area contributed by atoms with Gasteiger partial charge in [0.15, 0.2) is 0 Å². The maximum absolute atomic E-state index is 12.8. The highest BCUT2D eigenvalue weighted by Crippen LogP contribution is 2.24. The molecule has 0 saturated carbocycles. The maximum atomic E-state index is 12.8. The second-order valence-electron chi connectivity index (χ2n) is 7.41. The lowest BCUT2D eigenvalue weighted by atomic mass is 9.89. The number of urea groups is 1. The molecule has 5 nitrogen and oxygen atoms in total. The summed E-state index contributed by atoms with van der Waals surface area (Å²) in [6, 6.07) is 26.0. The van der Waals surface area contributed by atoms with Crippen LogP contribution in [0.1, 0.15) is 36.2 Å². The average Bonchev–Trinajstić information content (AvgIpc) is 2.79. The van der Waals surface area contributed by atoms with Gasteiger partial charge in [0.05, 0.1) is 5.54 Å². The summed E-state index contributed by atoms with van der Waals surface area (Å²) in [7, 11) is 1.73. The maximum Gasteiger partial charge on any atom is 0.319 e. The molecule has 0 aliphatic rings. The molecule has 0 spiro atoms. The molecule has 154 valence electrons. The predicted molar refractivity (Wildman–Crippen MR) is 122 cm³/mol. The van der Waals surface area contributed by atoms with Crippen LogP contribution >= 0.6 is 0 Å². The van der Waals surface area contributed by atoms with E-state index in [0.717, 1.165) is 17.7 Å². The van der Waals surface area contributed by atoms with Crippen LogP contribution in [-0.2, 0) is 5.54 Å². The Morgan fingerprint density at radius 3 is 2.17 bits per heavy atom. The van der Waals surface area contributed by atoms with Crippen LogP contribution in [0.25, 0.3) is 0 Å². The number of carbonyl (C=O) groups excluding carboxylic acids is 2. The first-order valence-electron chi connectivity index (χ1n) is 10.0. The van der Waals surface area contributed by atoms with Crippen molar-refractivity contribution in [2.45, 2.75) is 25.8 Å². The zero-order chi connectivity index (χ0) is 21.6. The van der Waals surface area contributed by atoms with Crippen LogP contribution in [-0.4, -0.2) is 19.0 Å². The van der Waals surface area contributed by atoms with Crippen LogP contribution in [0, 0.1) is 0 Å². The summed E-state index contributed by atoms with van der Waals surface area (Å²) in [5.74, 6) is -0.145. The van der Waals surface area contributed by atoms with E-state index >= 15 is 0 Å². The minimum Gasteiger partial charge on any atom is -0.329 e. The Bertz CT molecular complexity index is 1010. The van der Waals surface area contributed by atoms with Crippen LogP contribution in [0.5, 0.6) is 0 Å². The summed E-state index contributed by atoms with van der Waals surface area (Å²) in [5, 5.41) is 5.91. The van der Waals surface area contributed by atoms with Gasteiger partial charge < -0.3 is 15.5 Å². The highest BCUT2D eigenvalue weighted by Gasteiger charge is 2.26. The molecule has 1 atom stereocenters. The molecule has 3 rings (SSSR count). The molecule has 2 N–H and O–H groups in total. The summed E-state index contributed by atoms with van der Waals surface area (Å²) in [6.45, 7) is 4.03.